The zero-order valence-corrected chi connectivity index (χ0v) is 11.5. The van der Waals surface area contributed by atoms with Gasteiger partial charge in [0.05, 0.1) is 14.2 Å². The molecule has 0 saturated carbocycles. The van der Waals surface area contributed by atoms with Crippen LogP contribution in [0.4, 0.5) is 26.3 Å². The van der Waals surface area contributed by atoms with Crippen LogP contribution >= 0.6 is 0 Å². The van der Waals surface area contributed by atoms with Gasteiger partial charge in [-0.05, 0) is 18.2 Å². The molecule has 0 amide bonds. The van der Waals surface area contributed by atoms with E-state index in [1.54, 1.807) is 0 Å². The Morgan fingerprint density at radius 3 is 1.36 bits per heavy atom. The number of ether oxygens (including phenoxy) is 2. The molecule has 2 nitrogen and oxygen atoms in total. The van der Waals surface area contributed by atoms with Crippen LogP contribution < -0.4 is 9.47 Å². The monoisotopic (exact) mass is 326 g/mol. The Morgan fingerprint density at radius 2 is 1.09 bits per heavy atom. The number of hydrogen-bond donors (Lipinski definition) is 0. The van der Waals surface area contributed by atoms with E-state index in [1.165, 1.54) is 20.3 Å². The maximum Gasteiger partial charge on any atom is 0.409 e. The van der Waals surface area contributed by atoms with E-state index in [9.17, 15) is 26.3 Å². The minimum atomic E-state index is -4.55. The average Bonchev–Trinajstić information content (AvgIpc) is 2.40. The highest BCUT2D eigenvalue weighted by atomic mass is 19.4. The molecule has 22 heavy (non-hydrogen) atoms. The Labute approximate surface area is 122 Å². The van der Waals surface area contributed by atoms with Crippen molar-refractivity contribution in [3.05, 3.63) is 35.4 Å². The van der Waals surface area contributed by atoms with Crippen LogP contribution in [0.15, 0.2) is 24.3 Å². The molecule has 0 N–H and O–H groups in total. The van der Waals surface area contributed by atoms with E-state index in [2.05, 4.69) is 0 Å². The quantitative estimate of drug-likeness (QED) is 0.736. The Balaban J connectivity index is 3.33. The van der Waals surface area contributed by atoms with E-state index in [0.717, 1.165) is 6.07 Å². The van der Waals surface area contributed by atoms with Crippen molar-refractivity contribution in [2.24, 2.45) is 0 Å². The van der Waals surface area contributed by atoms with Gasteiger partial charge in [-0.3, -0.25) is 0 Å². The van der Waals surface area contributed by atoms with Gasteiger partial charge in [0.1, 0.15) is 11.5 Å². The highest BCUT2D eigenvalue weighted by molar-refractivity contribution is 5.68. The maximum absolute atomic E-state index is 12.2. The lowest BCUT2D eigenvalue weighted by Gasteiger charge is -2.11. The van der Waals surface area contributed by atoms with Crippen molar-refractivity contribution in [3.63, 3.8) is 0 Å². The van der Waals surface area contributed by atoms with Gasteiger partial charge in [-0.2, -0.15) is 26.3 Å². The zero-order chi connectivity index (χ0) is 17.0. The standard InChI is InChI=1S/C14H12F6O2/c1-21-11-8-12(22-2)10(4-6-14(18,19)20)7-9(11)3-5-13(15,16)17/h3-8H,1-2H3/b5-3+,6-4+. The molecule has 1 aromatic carbocycles. The number of hydrogen-bond acceptors (Lipinski definition) is 2. The molecule has 122 valence electrons. The van der Waals surface area contributed by atoms with E-state index in [1.807, 2.05) is 0 Å². The van der Waals surface area contributed by atoms with Gasteiger partial charge in [-0.1, -0.05) is 0 Å². The van der Waals surface area contributed by atoms with E-state index >= 15 is 0 Å². The van der Waals surface area contributed by atoms with E-state index in [0.29, 0.717) is 12.2 Å². The summed E-state index contributed by atoms with van der Waals surface area (Å²) in [6.07, 6.45) is -7.74. The number of methoxy groups -OCH3 is 2. The third-order valence-electron chi connectivity index (χ3n) is 2.49. The summed E-state index contributed by atoms with van der Waals surface area (Å²) in [4.78, 5) is 0. The van der Waals surface area contributed by atoms with Crippen LogP contribution in [-0.2, 0) is 0 Å². The number of halogens is 6. The molecule has 0 fully saturated rings. The van der Waals surface area contributed by atoms with Gasteiger partial charge < -0.3 is 9.47 Å². The summed E-state index contributed by atoms with van der Waals surface area (Å²) < 4.78 is 83.1. The average molecular weight is 326 g/mol. The molecule has 0 aromatic heterocycles. The molecule has 0 unspecified atom stereocenters. The topological polar surface area (TPSA) is 18.5 Å². The molecule has 0 aliphatic heterocycles. The van der Waals surface area contributed by atoms with Crippen molar-refractivity contribution in [1.82, 2.24) is 0 Å². The molecule has 0 saturated heterocycles. The lowest BCUT2D eigenvalue weighted by atomic mass is 10.1. The second-order valence-electron chi connectivity index (χ2n) is 4.09. The molecule has 0 bridgehead atoms. The Bertz CT molecular complexity index is 523. The summed E-state index contributed by atoms with van der Waals surface area (Å²) in [5.74, 6) is 0.0861. The lowest BCUT2D eigenvalue weighted by Crippen LogP contribution is -2.01. The van der Waals surface area contributed by atoms with Crippen LogP contribution in [0.3, 0.4) is 0 Å². The van der Waals surface area contributed by atoms with Gasteiger partial charge in [0.25, 0.3) is 0 Å². The number of allylic oxidation sites excluding steroid dienone is 2. The van der Waals surface area contributed by atoms with Crippen LogP contribution in [0.1, 0.15) is 11.1 Å². The summed E-state index contributed by atoms with van der Waals surface area (Å²) in [5, 5.41) is 0. The summed E-state index contributed by atoms with van der Waals surface area (Å²) >= 11 is 0. The summed E-state index contributed by atoms with van der Waals surface area (Å²) in [6, 6.07) is 2.33. The third kappa shape index (κ3) is 5.71. The zero-order valence-electron chi connectivity index (χ0n) is 11.5. The second-order valence-corrected chi connectivity index (χ2v) is 4.09. The summed E-state index contributed by atoms with van der Waals surface area (Å²) in [5.41, 5.74) is -0.0510. The molecular weight excluding hydrogens is 314 g/mol. The molecule has 0 heterocycles. The van der Waals surface area contributed by atoms with E-state index in [4.69, 9.17) is 9.47 Å². The third-order valence-corrected chi connectivity index (χ3v) is 2.49. The fourth-order valence-electron chi connectivity index (χ4n) is 1.58. The van der Waals surface area contributed by atoms with Gasteiger partial charge in [-0.25, -0.2) is 0 Å². The van der Waals surface area contributed by atoms with Gasteiger partial charge in [-0.15, -0.1) is 0 Å². The minimum Gasteiger partial charge on any atom is -0.496 e. The first-order chi connectivity index (χ1) is 10.1. The highest BCUT2D eigenvalue weighted by Crippen LogP contribution is 2.32. The fraction of sp³-hybridized carbons (Fsp3) is 0.286. The first kappa shape index (κ1) is 17.9. The minimum absolute atomic E-state index is 0.0255. The molecule has 0 atom stereocenters. The summed E-state index contributed by atoms with van der Waals surface area (Å²) in [6.45, 7) is 0. The lowest BCUT2D eigenvalue weighted by molar-refractivity contribution is -0.0800. The highest BCUT2D eigenvalue weighted by Gasteiger charge is 2.23. The predicted molar refractivity (Wildman–Crippen MR) is 69.7 cm³/mol. The Kier molecular flexibility index (Phi) is 5.51. The second kappa shape index (κ2) is 6.76. The molecule has 0 aliphatic carbocycles. The van der Waals surface area contributed by atoms with Crippen LogP contribution in [0.5, 0.6) is 11.5 Å². The Hall–Kier alpha value is -2.12. The molecule has 1 rings (SSSR count). The smallest absolute Gasteiger partial charge is 0.409 e. The van der Waals surface area contributed by atoms with Crippen LogP contribution in [-0.4, -0.2) is 26.6 Å². The predicted octanol–water partition coefficient (Wildman–Crippen LogP) is 4.85. The van der Waals surface area contributed by atoms with Gasteiger partial charge in [0.2, 0.25) is 0 Å². The number of alkyl halides is 6. The normalized spacial score (nSPS) is 13.1. The van der Waals surface area contributed by atoms with Crippen molar-refractivity contribution in [3.8, 4) is 11.5 Å². The van der Waals surface area contributed by atoms with Gasteiger partial charge in [0, 0.05) is 29.3 Å². The summed E-state index contributed by atoms with van der Waals surface area (Å²) in [7, 11) is 2.45. The van der Waals surface area contributed by atoms with Crippen molar-refractivity contribution >= 4 is 12.2 Å². The maximum atomic E-state index is 12.2. The first-order valence-electron chi connectivity index (χ1n) is 5.83. The van der Waals surface area contributed by atoms with Crippen LogP contribution in [0.2, 0.25) is 0 Å². The molecule has 0 radical (unpaired) electrons. The molecule has 8 heteroatoms. The first-order valence-corrected chi connectivity index (χ1v) is 5.83. The molecule has 0 spiro atoms. The van der Waals surface area contributed by atoms with Crippen molar-refractivity contribution in [1.29, 1.82) is 0 Å². The van der Waals surface area contributed by atoms with Crippen LogP contribution in [0, 0.1) is 0 Å². The van der Waals surface area contributed by atoms with Crippen molar-refractivity contribution in [2.75, 3.05) is 14.2 Å². The van der Waals surface area contributed by atoms with Crippen LogP contribution in [0.25, 0.3) is 12.2 Å². The Morgan fingerprint density at radius 1 is 0.727 bits per heavy atom. The fourth-order valence-corrected chi connectivity index (χ4v) is 1.58. The largest absolute Gasteiger partial charge is 0.496 e. The molecular formula is C14H12F6O2. The number of benzene rings is 1. The molecule has 1 aromatic rings. The van der Waals surface area contributed by atoms with Crippen molar-refractivity contribution in [2.45, 2.75) is 12.4 Å². The van der Waals surface area contributed by atoms with E-state index < -0.39 is 12.4 Å². The molecule has 0 aliphatic rings. The van der Waals surface area contributed by atoms with Crippen molar-refractivity contribution < 1.29 is 35.8 Å². The van der Waals surface area contributed by atoms with E-state index in [-0.39, 0.29) is 34.8 Å². The number of rotatable bonds is 4. The van der Waals surface area contributed by atoms with Gasteiger partial charge >= 0.3 is 12.4 Å². The van der Waals surface area contributed by atoms with Gasteiger partial charge in [0.15, 0.2) is 0 Å². The SMILES string of the molecule is COc1cc(OC)c(/C=C/C(F)(F)F)cc1/C=C/C(F)(F)F.